The van der Waals surface area contributed by atoms with Gasteiger partial charge in [-0.3, -0.25) is 0 Å². The van der Waals surface area contributed by atoms with Crippen molar-refractivity contribution >= 4 is 59.3 Å². The zero-order chi connectivity index (χ0) is 40.1. The largest absolute Gasteiger partial charge is 0.309 e. The fraction of sp³-hybridized carbons (Fsp3) is 0.0169. The minimum atomic E-state index is -0.374. The predicted octanol–water partition coefficient (Wildman–Crippen LogP) is 16.4. The second-order valence-electron chi connectivity index (χ2n) is 16.3. The summed E-state index contributed by atoms with van der Waals surface area (Å²) in [6.45, 7) is 0. The number of para-hydroxylation sites is 1. The topological polar surface area (TPSA) is 3.24 Å². The average Bonchev–Trinajstić information content (AvgIpc) is 3.96. The maximum Gasteiger partial charge on any atom is 0.0725 e. The van der Waals surface area contributed by atoms with Gasteiger partial charge in [-0.15, -0.1) is 11.3 Å². The minimum Gasteiger partial charge on any atom is -0.309 e. The van der Waals surface area contributed by atoms with Gasteiger partial charge in [0.1, 0.15) is 0 Å². The molecule has 0 saturated carbocycles. The van der Waals surface area contributed by atoms with Crippen LogP contribution < -0.4 is 4.90 Å². The van der Waals surface area contributed by atoms with Crippen molar-refractivity contribution in [2.24, 2.45) is 0 Å². The monoisotopic (exact) mass is 791 g/mol. The summed E-state index contributed by atoms with van der Waals surface area (Å²) in [6.07, 6.45) is 0. The van der Waals surface area contributed by atoms with E-state index in [1.54, 1.807) is 0 Å². The van der Waals surface area contributed by atoms with Gasteiger partial charge >= 0.3 is 0 Å². The minimum absolute atomic E-state index is 0.374. The van der Waals surface area contributed by atoms with Gasteiger partial charge in [0.15, 0.2) is 0 Å². The number of anilines is 3. The third-order valence-corrected chi connectivity index (χ3v) is 14.4. The Balaban J connectivity index is 0.989. The first-order valence-electron chi connectivity index (χ1n) is 21.1. The fourth-order valence-electron chi connectivity index (χ4n) is 10.8. The van der Waals surface area contributed by atoms with Gasteiger partial charge in [-0.1, -0.05) is 182 Å². The highest BCUT2D eigenvalue weighted by molar-refractivity contribution is 7.25. The number of nitrogens with zero attached hydrogens (tertiary/aromatic N) is 1. The van der Waals surface area contributed by atoms with Crippen LogP contribution in [0.5, 0.6) is 0 Å². The number of benzene rings is 10. The van der Waals surface area contributed by atoms with Crippen molar-refractivity contribution in [3.8, 4) is 44.5 Å². The summed E-state index contributed by atoms with van der Waals surface area (Å²) in [5, 5.41) is 5.04. The summed E-state index contributed by atoms with van der Waals surface area (Å²) >= 11 is 1.87. The normalized spacial score (nSPS) is 13.0. The molecule has 0 amide bonds. The molecule has 0 saturated heterocycles. The van der Waals surface area contributed by atoms with Gasteiger partial charge in [0.05, 0.1) is 16.8 Å². The highest BCUT2D eigenvalue weighted by Crippen LogP contribution is 2.63. The molecule has 0 aliphatic heterocycles. The lowest BCUT2D eigenvalue weighted by atomic mass is 9.70. The van der Waals surface area contributed by atoms with Crippen LogP contribution in [0.2, 0.25) is 0 Å². The Bertz CT molecular complexity index is 3490. The summed E-state index contributed by atoms with van der Waals surface area (Å²) in [7, 11) is 0. The molecule has 11 aromatic rings. The molecule has 0 N–H and O–H groups in total. The Kier molecular flexibility index (Phi) is 7.46. The molecule has 0 fully saturated rings. The van der Waals surface area contributed by atoms with E-state index >= 15 is 0 Å². The highest BCUT2D eigenvalue weighted by Gasteiger charge is 2.51. The summed E-state index contributed by atoms with van der Waals surface area (Å²) in [5.41, 5.74) is 18.6. The van der Waals surface area contributed by atoms with Crippen molar-refractivity contribution < 1.29 is 0 Å². The van der Waals surface area contributed by atoms with Gasteiger partial charge in [0.2, 0.25) is 0 Å². The molecule has 2 aliphatic rings. The number of fused-ring (bicyclic) bond motifs is 14. The van der Waals surface area contributed by atoms with Gasteiger partial charge in [0, 0.05) is 36.8 Å². The summed E-state index contributed by atoms with van der Waals surface area (Å²) in [5.74, 6) is 0. The molecule has 1 aromatic heterocycles. The Hall–Kier alpha value is -7.52. The number of hydrogen-bond acceptors (Lipinski definition) is 2. The van der Waals surface area contributed by atoms with Gasteiger partial charge in [-0.25, -0.2) is 0 Å². The van der Waals surface area contributed by atoms with E-state index < -0.39 is 0 Å². The lowest BCUT2D eigenvalue weighted by Crippen LogP contribution is -2.25. The summed E-state index contributed by atoms with van der Waals surface area (Å²) in [4.78, 5) is 2.47. The SMILES string of the molecule is c1ccc(N(c2ccc(-c3ccc4c(c3)C3(c5ccccc5-c5ccccc53)c3ccccc3-4)cc2)c2cccc3ccccc23)c(-c2cccc3sc4ccccc4c23)c1. The molecule has 2 aliphatic carbocycles. The van der Waals surface area contributed by atoms with Crippen LogP contribution in [0.4, 0.5) is 17.1 Å². The number of hydrogen-bond donors (Lipinski definition) is 0. The van der Waals surface area contributed by atoms with Crippen molar-refractivity contribution in [1.82, 2.24) is 0 Å². The van der Waals surface area contributed by atoms with Crippen LogP contribution in [0.3, 0.4) is 0 Å². The van der Waals surface area contributed by atoms with E-state index in [1.807, 2.05) is 11.3 Å². The molecule has 2 heteroatoms. The number of thiophene rings is 1. The Morgan fingerprint density at radius 2 is 0.836 bits per heavy atom. The van der Waals surface area contributed by atoms with Crippen LogP contribution in [0, 0.1) is 0 Å². The predicted molar refractivity (Wildman–Crippen MR) is 259 cm³/mol. The molecular weight excluding hydrogens is 755 g/mol. The molecule has 1 spiro atoms. The first kappa shape index (κ1) is 34.4. The maximum atomic E-state index is 2.48. The van der Waals surface area contributed by atoms with E-state index in [-0.39, 0.29) is 5.41 Å². The molecule has 1 nitrogen and oxygen atoms in total. The third kappa shape index (κ3) is 4.88. The van der Waals surface area contributed by atoms with Gasteiger partial charge in [0.25, 0.3) is 0 Å². The second-order valence-corrected chi connectivity index (χ2v) is 17.4. The molecule has 0 radical (unpaired) electrons. The van der Waals surface area contributed by atoms with Crippen LogP contribution >= 0.6 is 11.3 Å². The Morgan fingerprint density at radius 1 is 0.328 bits per heavy atom. The van der Waals surface area contributed by atoms with Crippen LogP contribution in [0.1, 0.15) is 22.3 Å². The van der Waals surface area contributed by atoms with Crippen LogP contribution in [0.25, 0.3) is 75.5 Å². The first-order valence-corrected chi connectivity index (χ1v) is 21.9. The molecule has 13 rings (SSSR count). The zero-order valence-corrected chi connectivity index (χ0v) is 34.0. The smallest absolute Gasteiger partial charge is 0.0725 e. The molecule has 0 atom stereocenters. The molecule has 0 bridgehead atoms. The number of rotatable bonds is 5. The van der Waals surface area contributed by atoms with E-state index in [9.17, 15) is 0 Å². The van der Waals surface area contributed by atoms with Crippen molar-refractivity contribution in [1.29, 1.82) is 0 Å². The van der Waals surface area contributed by atoms with Crippen molar-refractivity contribution in [2.45, 2.75) is 5.41 Å². The van der Waals surface area contributed by atoms with E-state index in [0.717, 1.165) is 17.1 Å². The first-order chi connectivity index (χ1) is 30.3. The van der Waals surface area contributed by atoms with Gasteiger partial charge < -0.3 is 4.90 Å². The molecular formula is C59H37NS. The summed E-state index contributed by atoms with van der Waals surface area (Å²) < 4.78 is 2.62. The zero-order valence-electron chi connectivity index (χ0n) is 33.2. The van der Waals surface area contributed by atoms with E-state index in [0.29, 0.717) is 0 Å². The fourth-order valence-corrected chi connectivity index (χ4v) is 11.9. The highest BCUT2D eigenvalue weighted by atomic mass is 32.1. The third-order valence-electron chi connectivity index (χ3n) is 13.3. The van der Waals surface area contributed by atoms with E-state index in [4.69, 9.17) is 0 Å². The lowest BCUT2D eigenvalue weighted by Gasteiger charge is -2.31. The van der Waals surface area contributed by atoms with E-state index in [2.05, 4.69) is 229 Å². The molecule has 0 unspecified atom stereocenters. The molecule has 1 heterocycles. The van der Waals surface area contributed by atoms with Crippen LogP contribution in [-0.2, 0) is 5.41 Å². The standard InChI is InChI=1S/C59H37NS/c1-2-17-42-39(15-1)16-13-28-54(42)60(55-27-11-6-21-47(55)48-23-14-30-57-58(48)49-22-7-12-29-56(49)61-57)41-34-31-38(32-35-41)40-33-36-46-45-20-5-10-26-52(45)59(53(46)37-40)50-24-8-3-18-43(50)44-19-4-9-25-51(44)59/h1-37H. The van der Waals surface area contributed by atoms with Gasteiger partial charge in [-0.05, 0) is 109 Å². The molecule has 284 valence electrons. The van der Waals surface area contributed by atoms with Crippen molar-refractivity contribution in [2.75, 3.05) is 4.90 Å². The maximum absolute atomic E-state index is 2.48. The molecule has 61 heavy (non-hydrogen) atoms. The second kappa shape index (κ2) is 13.2. The van der Waals surface area contributed by atoms with Gasteiger partial charge in [-0.2, -0.15) is 0 Å². The molecule has 10 aromatic carbocycles. The lowest BCUT2D eigenvalue weighted by molar-refractivity contribution is 0.794. The van der Waals surface area contributed by atoms with Crippen molar-refractivity contribution in [3.05, 3.63) is 247 Å². The Morgan fingerprint density at radius 3 is 1.57 bits per heavy atom. The Labute approximate surface area is 359 Å². The van der Waals surface area contributed by atoms with Crippen LogP contribution in [0.15, 0.2) is 224 Å². The average molecular weight is 792 g/mol. The van der Waals surface area contributed by atoms with Crippen LogP contribution in [-0.4, -0.2) is 0 Å². The quantitative estimate of drug-likeness (QED) is 0.168. The van der Waals surface area contributed by atoms with Crippen molar-refractivity contribution in [3.63, 3.8) is 0 Å². The summed E-state index contributed by atoms with van der Waals surface area (Å²) in [6, 6.07) is 83.5. The van der Waals surface area contributed by atoms with E-state index in [1.165, 1.54) is 97.7 Å².